The third kappa shape index (κ3) is 3.99. The van der Waals surface area contributed by atoms with E-state index in [0.29, 0.717) is 11.1 Å². The maximum Gasteiger partial charge on any atom is 0.276 e. The van der Waals surface area contributed by atoms with Crippen LogP contribution in [0.4, 0.5) is 0 Å². The molecule has 114 valence electrons. The summed E-state index contributed by atoms with van der Waals surface area (Å²) in [5.41, 5.74) is 3.31. The van der Waals surface area contributed by atoms with Crippen molar-refractivity contribution in [1.82, 2.24) is 15.4 Å². The van der Waals surface area contributed by atoms with Gasteiger partial charge in [-0.15, -0.1) is 0 Å². The second-order valence-corrected chi connectivity index (χ2v) is 5.92. The van der Waals surface area contributed by atoms with E-state index < -0.39 is 17.4 Å². The molecule has 2 aromatic rings. The zero-order chi connectivity index (χ0) is 16.2. The van der Waals surface area contributed by atoms with Gasteiger partial charge in [0.25, 0.3) is 11.8 Å². The monoisotopic (exact) mass is 297 g/mol. The number of hydrogen-bond donors (Lipinski definition) is 1. The summed E-state index contributed by atoms with van der Waals surface area (Å²) in [6, 6.07) is 12.0. The number of aromatic nitrogens is 1. The fourth-order valence-corrected chi connectivity index (χ4v) is 1.86. The molecule has 0 atom stereocenters. The fraction of sp³-hybridized carbons (Fsp3) is 0.235. The van der Waals surface area contributed by atoms with Crippen LogP contribution in [0.15, 0.2) is 54.9 Å². The van der Waals surface area contributed by atoms with Gasteiger partial charge in [0.05, 0.1) is 5.56 Å². The van der Waals surface area contributed by atoms with Crippen LogP contribution in [-0.4, -0.2) is 27.3 Å². The molecule has 0 spiro atoms. The van der Waals surface area contributed by atoms with E-state index in [9.17, 15) is 9.59 Å². The Hall–Kier alpha value is -2.53. The summed E-state index contributed by atoms with van der Waals surface area (Å²) in [4.78, 5) is 29.2. The summed E-state index contributed by atoms with van der Waals surface area (Å²) >= 11 is 0. The first-order valence-corrected chi connectivity index (χ1v) is 7.00. The first kappa shape index (κ1) is 15.9. The van der Waals surface area contributed by atoms with Gasteiger partial charge in [0.2, 0.25) is 0 Å². The summed E-state index contributed by atoms with van der Waals surface area (Å²) < 4.78 is 0. The average molecular weight is 297 g/mol. The van der Waals surface area contributed by atoms with Crippen LogP contribution in [0.5, 0.6) is 0 Å². The molecule has 0 aliphatic carbocycles. The molecule has 0 unspecified atom stereocenters. The van der Waals surface area contributed by atoms with Gasteiger partial charge in [0, 0.05) is 23.5 Å². The molecule has 0 saturated heterocycles. The second-order valence-electron chi connectivity index (χ2n) is 5.92. The normalized spacial score (nSPS) is 11.0. The summed E-state index contributed by atoms with van der Waals surface area (Å²) in [6.45, 7) is 5.65. The highest BCUT2D eigenvalue weighted by Crippen LogP contribution is 2.11. The molecule has 0 bridgehead atoms. The number of carbonyl (C=O) groups is 2. The van der Waals surface area contributed by atoms with Crippen molar-refractivity contribution in [2.75, 3.05) is 0 Å². The highest BCUT2D eigenvalue weighted by atomic mass is 16.2. The number of pyridine rings is 1. The molecule has 22 heavy (non-hydrogen) atoms. The number of amides is 2. The van der Waals surface area contributed by atoms with Crippen molar-refractivity contribution in [3.05, 3.63) is 66.0 Å². The van der Waals surface area contributed by atoms with Crippen molar-refractivity contribution in [3.8, 4) is 0 Å². The first-order chi connectivity index (χ1) is 10.4. The number of hydrogen-bond acceptors (Lipinski definition) is 4. The lowest BCUT2D eigenvalue weighted by Gasteiger charge is -2.30. The number of imide groups is 1. The van der Waals surface area contributed by atoms with Crippen molar-refractivity contribution >= 4 is 11.8 Å². The minimum Gasteiger partial charge on any atom is -0.267 e. The number of nitrogens with zero attached hydrogens (tertiary/aromatic N) is 2. The van der Waals surface area contributed by atoms with Crippen LogP contribution in [0.1, 0.15) is 41.5 Å². The van der Waals surface area contributed by atoms with Gasteiger partial charge in [-0.1, -0.05) is 18.2 Å². The van der Waals surface area contributed by atoms with Gasteiger partial charge in [-0.3, -0.25) is 14.6 Å². The highest BCUT2D eigenvalue weighted by molar-refractivity contribution is 6.09. The first-order valence-electron chi connectivity index (χ1n) is 7.00. The number of rotatable bonds is 3. The Morgan fingerprint density at radius 2 is 1.55 bits per heavy atom. The molecule has 1 aromatic heterocycles. The van der Waals surface area contributed by atoms with Gasteiger partial charge in [-0.2, -0.15) is 0 Å². The van der Waals surface area contributed by atoms with E-state index in [-0.39, 0.29) is 0 Å². The topological polar surface area (TPSA) is 62.3 Å². The van der Waals surface area contributed by atoms with Gasteiger partial charge in [0.15, 0.2) is 0 Å². The summed E-state index contributed by atoms with van der Waals surface area (Å²) in [5.74, 6) is -0.832. The minimum atomic E-state index is -0.442. The molecule has 2 amide bonds. The van der Waals surface area contributed by atoms with Crippen LogP contribution in [0.25, 0.3) is 0 Å². The number of benzene rings is 1. The van der Waals surface area contributed by atoms with Gasteiger partial charge < -0.3 is 0 Å². The lowest BCUT2D eigenvalue weighted by molar-refractivity contribution is 0.0452. The third-order valence-electron chi connectivity index (χ3n) is 2.78. The lowest BCUT2D eigenvalue weighted by atomic mass is 10.1. The summed E-state index contributed by atoms with van der Waals surface area (Å²) in [6.07, 6.45) is 3.02. The van der Waals surface area contributed by atoms with E-state index in [1.54, 1.807) is 42.6 Å². The molecule has 1 aromatic carbocycles. The molecule has 0 aliphatic heterocycles. The van der Waals surface area contributed by atoms with Gasteiger partial charge >= 0.3 is 0 Å². The van der Waals surface area contributed by atoms with Crippen LogP contribution in [-0.2, 0) is 0 Å². The third-order valence-corrected chi connectivity index (χ3v) is 2.78. The Labute approximate surface area is 130 Å². The van der Waals surface area contributed by atoms with Crippen LogP contribution < -0.4 is 5.43 Å². The highest BCUT2D eigenvalue weighted by Gasteiger charge is 2.28. The van der Waals surface area contributed by atoms with Crippen LogP contribution >= 0.6 is 0 Å². The molecule has 5 nitrogen and oxygen atoms in total. The number of nitrogens with one attached hydrogen (secondary N) is 1. The van der Waals surface area contributed by atoms with Crippen molar-refractivity contribution in [2.45, 2.75) is 26.3 Å². The molecule has 0 saturated carbocycles. The van der Waals surface area contributed by atoms with Crippen molar-refractivity contribution in [1.29, 1.82) is 0 Å². The van der Waals surface area contributed by atoms with Crippen LogP contribution in [0.2, 0.25) is 0 Å². The van der Waals surface area contributed by atoms with Crippen molar-refractivity contribution < 1.29 is 9.59 Å². The van der Waals surface area contributed by atoms with E-state index in [4.69, 9.17) is 0 Å². The molecule has 0 aliphatic rings. The molecule has 5 heteroatoms. The van der Waals surface area contributed by atoms with Gasteiger partial charge in [-0.05, 0) is 45.0 Å². The van der Waals surface area contributed by atoms with Gasteiger partial charge in [0.1, 0.15) is 0 Å². The molecule has 1 N–H and O–H groups in total. The zero-order valence-electron chi connectivity index (χ0n) is 12.9. The molecule has 0 radical (unpaired) electrons. The summed E-state index contributed by atoms with van der Waals surface area (Å²) in [5, 5.41) is 1.05. The Morgan fingerprint density at radius 1 is 0.955 bits per heavy atom. The van der Waals surface area contributed by atoms with Gasteiger partial charge in [-0.25, -0.2) is 10.4 Å². The maximum atomic E-state index is 12.7. The van der Waals surface area contributed by atoms with Crippen LogP contribution in [0, 0.1) is 0 Å². The summed E-state index contributed by atoms with van der Waals surface area (Å²) in [7, 11) is 0. The van der Waals surface area contributed by atoms with E-state index >= 15 is 0 Å². The predicted molar refractivity (Wildman–Crippen MR) is 84.1 cm³/mol. The minimum absolute atomic E-state index is 0.350. The second kappa shape index (κ2) is 6.49. The van der Waals surface area contributed by atoms with Crippen molar-refractivity contribution in [2.24, 2.45) is 0 Å². The Bertz CT molecular complexity index is 597. The van der Waals surface area contributed by atoms with Crippen LogP contribution in [0.3, 0.4) is 0 Å². The average Bonchev–Trinajstić information content (AvgIpc) is 2.52. The standard InChI is InChI=1S/C17H19N3O2/c1-17(2,3)19-20(15(21)13-8-5-4-6-9-13)16(22)14-10-7-11-18-12-14/h4-12,19H,1-3H3. The smallest absolute Gasteiger partial charge is 0.267 e. The Kier molecular flexibility index (Phi) is 4.68. The SMILES string of the molecule is CC(C)(C)NN(C(=O)c1ccccc1)C(=O)c1cccnc1. The van der Waals surface area contributed by atoms with E-state index in [0.717, 1.165) is 5.01 Å². The maximum absolute atomic E-state index is 12.7. The van der Waals surface area contributed by atoms with Crippen molar-refractivity contribution in [3.63, 3.8) is 0 Å². The molecule has 2 rings (SSSR count). The largest absolute Gasteiger partial charge is 0.276 e. The molecular formula is C17H19N3O2. The Morgan fingerprint density at radius 3 is 2.09 bits per heavy atom. The van der Waals surface area contributed by atoms with E-state index in [1.165, 1.54) is 6.20 Å². The quantitative estimate of drug-likeness (QED) is 0.699. The van der Waals surface area contributed by atoms with E-state index in [2.05, 4.69) is 10.4 Å². The Balaban J connectivity index is 2.35. The molecule has 0 fully saturated rings. The zero-order valence-corrected chi connectivity index (χ0v) is 12.9. The fourth-order valence-electron chi connectivity index (χ4n) is 1.86. The van der Waals surface area contributed by atoms with E-state index in [1.807, 2.05) is 26.8 Å². The molecule has 1 heterocycles. The number of carbonyl (C=O) groups excluding carboxylic acids is 2. The number of hydrazine groups is 1. The lowest BCUT2D eigenvalue weighted by Crippen LogP contribution is -2.54. The predicted octanol–water partition coefficient (Wildman–Crippen LogP) is 2.67. The molecular weight excluding hydrogens is 278 g/mol.